The van der Waals surface area contributed by atoms with E-state index in [4.69, 9.17) is 11.6 Å². The number of nitrogens with zero attached hydrogens (tertiary/aromatic N) is 3. The lowest BCUT2D eigenvalue weighted by Gasteiger charge is -2.34. The number of carbonyl (C=O) groups is 1. The Morgan fingerprint density at radius 2 is 1.73 bits per heavy atom. The molecule has 1 saturated heterocycles. The van der Waals surface area contributed by atoms with E-state index in [2.05, 4.69) is 22.0 Å². The summed E-state index contributed by atoms with van der Waals surface area (Å²) in [6.07, 6.45) is 5.20. The molecule has 1 amide bonds. The molecule has 138 valence electrons. The molecule has 1 aromatic heterocycles. The minimum Gasteiger partial charge on any atom is -0.340 e. The predicted molar refractivity (Wildman–Crippen MR) is 108 cm³/mol. The summed E-state index contributed by atoms with van der Waals surface area (Å²) in [4.78, 5) is 22.1. The average molecular weight is 390 g/mol. The van der Waals surface area contributed by atoms with Crippen LogP contribution < -0.4 is 0 Å². The molecule has 0 saturated carbocycles. The number of piperazine rings is 1. The zero-order valence-corrected chi connectivity index (χ0v) is 16.4. The number of amides is 1. The summed E-state index contributed by atoms with van der Waals surface area (Å²) in [5.74, 6) is 1.24. The topological polar surface area (TPSA) is 36.4 Å². The molecular weight excluding hydrogens is 366 g/mol. The van der Waals surface area contributed by atoms with Gasteiger partial charge in [-0.15, -0.1) is 11.8 Å². The van der Waals surface area contributed by atoms with E-state index >= 15 is 0 Å². The maximum atomic E-state index is 12.4. The molecule has 1 fully saturated rings. The fraction of sp³-hybridized carbons (Fsp3) is 0.400. The molecule has 1 aromatic carbocycles. The Hall–Kier alpha value is -1.56. The van der Waals surface area contributed by atoms with Gasteiger partial charge in [0, 0.05) is 61.5 Å². The van der Waals surface area contributed by atoms with Gasteiger partial charge in [-0.2, -0.15) is 0 Å². The maximum Gasteiger partial charge on any atom is 0.222 e. The van der Waals surface area contributed by atoms with E-state index in [1.165, 1.54) is 10.5 Å². The van der Waals surface area contributed by atoms with E-state index in [0.29, 0.717) is 6.42 Å². The summed E-state index contributed by atoms with van der Waals surface area (Å²) in [6, 6.07) is 12.0. The normalized spacial score (nSPS) is 15.2. The molecular formula is C20H24ClN3OS. The van der Waals surface area contributed by atoms with Crippen molar-refractivity contribution < 1.29 is 4.79 Å². The monoisotopic (exact) mass is 389 g/mol. The first-order valence-electron chi connectivity index (χ1n) is 8.98. The number of aromatic nitrogens is 1. The van der Waals surface area contributed by atoms with Crippen molar-refractivity contribution in [2.45, 2.75) is 24.3 Å². The van der Waals surface area contributed by atoms with Crippen molar-refractivity contribution in [2.24, 2.45) is 0 Å². The van der Waals surface area contributed by atoms with Crippen LogP contribution in [0.3, 0.4) is 0 Å². The molecule has 3 rings (SSSR count). The Balaban J connectivity index is 1.32. The minimum absolute atomic E-state index is 0.283. The van der Waals surface area contributed by atoms with E-state index in [1.807, 2.05) is 41.6 Å². The van der Waals surface area contributed by atoms with Crippen molar-refractivity contribution in [3.05, 3.63) is 59.4 Å². The molecule has 0 atom stereocenters. The number of pyridine rings is 1. The van der Waals surface area contributed by atoms with Crippen LogP contribution >= 0.6 is 23.4 Å². The van der Waals surface area contributed by atoms with Crippen molar-refractivity contribution in [3.8, 4) is 0 Å². The summed E-state index contributed by atoms with van der Waals surface area (Å²) < 4.78 is 0. The number of hydrogen-bond acceptors (Lipinski definition) is 4. The van der Waals surface area contributed by atoms with Gasteiger partial charge in [-0.25, -0.2) is 0 Å². The van der Waals surface area contributed by atoms with Gasteiger partial charge >= 0.3 is 0 Å². The molecule has 1 aliphatic heterocycles. The number of benzene rings is 1. The standard InChI is InChI=1S/C20H24ClN3OS/c21-18-3-5-19(6-4-18)26-15-1-2-20(25)24-13-11-23(12-14-24)16-17-7-9-22-10-8-17/h3-10H,1-2,11-16H2. The van der Waals surface area contributed by atoms with Gasteiger partial charge < -0.3 is 4.90 Å². The number of thioether (sulfide) groups is 1. The largest absolute Gasteiger partial charge is 0.340 e. The number of halogens is 1. The van der Waals surface area contributed by atoms with E-state index in [9.17, 15) is 4.79 Å². The first-order chi connectivity index (χ1) is 12.7. The fourth-order valence-electron chi connectivity index (χ4n) is 3.00. The first kappa shape index (κ1) is 19.2. The summed E-state index contributed by atoms with van der Waals surface area (Å²) in [5.41, 5.74) is 1.28. The third-order valence-corrected chi connectivity index (χ3v) is 5.85. The molecule has 1 aliphatic rings. The van der Waals surface area contributed by atoms with Crippen LogP contribution in [0.25, 0.3) is 0 Å². The summed E-state index contributed by atoms with van der Waals surface area (Å²) in [5, 5.41) is 0.757. The Morgan fingerprint density at radius 1 is 1.04 bits per heavy atom. The van der Waals surface area contributed by atoms with E-state index in [-0.39, 0.29) is 5.91 Å². The van der Waals surface area contributed by atoms with Gasteiger partial charge in [-0.1, -0.05) is 11.6 Å². The molecule has 0 spiro atoms. The van der Waals surface area contributed by atoms with Gasteiger partial charge in [0.05, 0.1) is 0 Å². The van der Waals surface area contributed by atoms with Crippen LogP contribution in [-0.4, -0.2) is 52.6 Å². The van der Waals surface area contributed by atoms with Crippen molar-refractivity contribution in [1.29, 1.82) is 0 Å². The second-order valence-corrected chi connectivity index (χ2v) is 8.02. The highest BCUT2D eigenvalue weighted by atomic mass is 35.5. The highest BCUT2D eigenvalue weighted by Crippen LogP contribution is 2.21. The Labute approximate surface area is 164 Å². The number of carbonyl (C=O) groups excluding carboxylic acids is 1. The van der Waals surface area contributed by atoms with E-state index < -0.39 is 0 Å². The average Bonchev–Trinajstić information content (AvgIpc) is 2.68. The zero-order chi connectivity index (χ0) is 18.2. The third kappa shape index (κ3) is 6.01. The Morgan fingerprint density at radius 3 is 2.42 bits per heavy atom. The Kier molecular flexibility index (Phi) is 7.35. The highest BCUT2D eigenvalue weighted by Gasteiger charge is 2.20. The fourth-order valence-corrected chi connectivity index (χ4v) is 3.98. The second-order valence-electron chi connectivity index (χ2n) is 6.42. The van der Waals surface area contributed by atoms with Crippen LogP contribution in [0.1, 0.15) is 18.4 Å². The second kappa shape index (κ2) is 9.95. The van der Waals surface area contributed by atoms with Crippen LogP contribution in [0.2, 0.25) is 5.02 Å². The van der Waals surface area contributed by atoms with Crippen LogP contribution in [0.4, 0.5) is 0 Å². The van der Waals surface area contributed by atoms with Gasteiger partial charge in [0.2, 0.25) is 5.91 Å². The summed E-state index contributed by atoms with van der Waals surface area (Å²) in [7, 11) is 0. The van der Waals surface area contributed by atoms with Gasteiger partial charge in [0.15, 0.2) is 0 Å². The molecule has 0 bridgehead atoms. The van der Waals surface area contributed by atoms with Crippen LogP contribution in [0.5, 0.6) is 0 Å². The minimum atomic E-state index is 0.283. The van der Waals surface area contributed by atoms with Crippen LogP contribution in [-0.2, 0) is 11.3 Å². The zero-order valence-electron chi connectivity index (χ0n) is 14.8. The van der Waals surface area contributed by atoms with Crippen LogP contribution in [0.15, 0.2) is 53.7 Å². The predicted octanol–water partition coefficient (Wildman–Crippen LogP) is 3.95. The van der Waals surface area contributed by atoms with Crippen LogP contribution in [0, 0.1) is 0 Å². The number of rotatable bonds is 7. The molecule has 0 radical (unpaired) electrons. The van der Waals surface area contributed by atoms with Gasteiger partial charge in [0.1, 0.15) is 0 Å². The molecule has 26 heavy (non-hydrogen) atoms. The third-order valence-electron chi connectivity index (χ3n) is 4.50. The van der Waals surface area contributed by atoms with Gasteiger partial charge in [0.25, 0.3) is 0 Å². The molecule has 0 aliphatic carbocycles. The van der Waals surface area contributed by atoms with Gasteiger partial charge in [-0.05, 0) is 54.1 Å². The van der Waals surface area contributed by atoms with E-state index in [1.54, 1.807) is 11.8 Å². The molecule has 2 heterocycles. The van der Waals surface area contributed by atoms with E-state index in [0.717, 1.165) is 49.9 Å². The lowest BCUT2D eigenvalue weighted by Crippen LogP contribution is -2.48. The van der Waals surface area contributed by atoms with Gasteiger partial charge in [-0.3, -0.25) is 14.7 Å². The quantitative estimate of drug-likeness (QED) is 0.530. The summed E-state index contributed by atoms with van der Waals surface area (Å²) in [6.45, 7) is 4.46. The lowest BCUT2D eigenvalue weighted by atomic mass is 10.2. The highest BCUT2D eigenvalue weighted by molar-refractivity contribution is 7.99. The molecule has 6 heteroatoms. The van der Waals surface area contributed by atoms with Crippen molar-refractivity contribution in [1.82, 2.24) is 14.8 Å². The molecule has 0 unspecified atom stereocenters. The smallest absolute Gasteiger partial charge is 0.222 e. The summed E-state index contributed by atoms with van der Waals surface area (Å²) >= 11 is 7.67. The first-order valence-corrected chi connectivity index (χ1v) is 10.3. The number of hydrogen-bond donors (Lipinski definition) is 0. The maximum absolute atomic E-state index is 12.4. The molecule has 4 nitrogen and oxygen atoms in total. The Bertz CT molecular complexity index is 688. The van der Waals surface area contributed by atoms with Crippen molar-refractivity contribution in [2.75, 3.05) is 31.9 Å². The molecule has 0 N–H and O–H groups in total. The molecule has 2 aromatic rings. The lowest BCUT2D eigenvalue weighted by molar-refractivity contribution is -0.133. The van der Waals surface area contributed by atoms with Crippen molar-refractivity contribution in [3.63, 3.8) is 0 Å². The SMILES string of the molecule is O=C(CCCSc1ccc(Cl)cc1)N1CCN(Cc2ccncc2)CC1. The van der Waals surface area contributed by atoms with Crippen molar-refractivity contribution >= 4 is 29.3 Å².